The molecule has 0 aliphatic rings. The summed E-state index contributed by atoms with van der Waals surface area (Å²) in [5, 5.41) is 18.8. The van der Waals surface area contributed by atoms with Crippen LogP contribution in [-0.2, 0) is 17.8 Å². The molecule has 198 valence electrons. The number of amides is 1. The molecule has 1 amide bonds. The van der Waals surface area contributed by atoms with Crippen LogP contribution in [0.15, 0.2) is 103 Å². The highest BCUT2D eigenvalue weighted by Gasteiger charge is 2.21. The highest BCUT2D eigenvalue weighted by atomic mass is 16.5. The Labute approximate surface area is 225 Å². The first-order valence-electron chi connectivity index (χ1n) is 12.2. The number of carbonyl (C=O) groups excluding carboxylic acids is 1. The lowest BCUT2D eigenvalue weighted by molar-refractivity contribution is -0.145. The molecule has 8 heteroatoms. The highest BCUT2D eigenvalue weighted by Crippen LogP contribution is 2.25. The van der Waals surface area contributed by atoms with E-state index in [0.29, 0.717) is 22.7 Å². The number of carboxylic acids is 2. The number of rotatable bonds is 11. The average molecular weight is 526 g/mol. The van der Waals surface area contributed by atoms with Gasteiger partial charge >= 0.3 is 11.9 Å². The Hall–Kier alpha value is -5.11. The first-order chi connectivity index (χ1) is 18.8. The molecule has 0 saturated heterocycles. The molecule has 2 N–H and O–H groups in total. The van der Waals surface area contributed by atoms with Gasteiger partial charge in [-0.15, -0.1) is 0 Å². The number of aliphatic carboxylic acids is 1. The van der Waals surface area contributed by atoms with Crippen molar-refractivity contribution in [3.05, 3.63) is 125 Å². The summed E-state index contributed by atoms with van der Waals surface area (Å²) in [4.78, 5) is 38.1. The maximum absolute atomic E-state index is 13.5. The molecule has 4 aromatic carbocycles. The number of hydrogen-bond acceptors (Lipinski definition) is 5. The third-order valence-electron chi connectivity index (χ3n) is 6.09. The van der Waals surface area contributed by atoms with Crippen molar-refractivity contribution in [3.8, 4) is 11.5 Å². The lowest BCUT2D eigenvalue weighted by Crippen LogP contribution is -2.30. The van der Waals surface area contributed by atoms with Gasteiger partial charge in [-0.2, -0.15) is 0 Å². The Morgan fingerprint density at radius 2 is 1.31 bits per heavy atom. The highest BCUT2D eigenvalue weighted by molar-refractivity contribution is 6.06. The molecule has 4 rings (SSSR count). The van der Waals surface area contributed by atoms with Crippen LogP contribution >= 0.6 is 0 Å². The fraction of sp³-hybridized carbons (Fsp3) is 0.129. The third-order valence-corrected chi connectivity index (χ3v) is 6.09. The fourth-order valence-electron chi connectivity index (χ4n) is 3.98. The standard InChI is InChI=1S/C31H27NO7/c1-38-26-17-13-25(14-18-26)32(29(33)23-9-11-24(12-10-23)30(34)35)20-22-7-15-27(16-8-22)39-28(31(36)37)19-21-5-3-2-4-6-21/h2-18,28H,19-20H2,1H3,(H,34,35)(H,36,37)/t28-/m1/s1. The van der Waals surface area contributed by atoms with E-state index in [1.54, 1.807) is 60.5 Å². The number of benzene rings is 4. The van der Waals surface area contributed by atoms with Crippen LogP contribution in [0.25, 0.3) is 0 Å². The van der Waals surface area contributed by atoms with Gasteiger partial charge in [0.05, 0.1) is 19.2 Å². The second kappa shape index (κ2) is 12.4. The largest absolute Gasteiger partial charge is 0.497 e. The number of carbonyl (C=O) groups is 3. The molecule has 0 radical (unpaired) electrons. The van der Waals surface area contributed by atoms with E-state index in [1.165, 1.54) is 24.3 Å². The van der Waals surface area contributed by atoms with E-state index in [9.17, 15) is 24.6 Å². The zero-order valence-electron chi connectivity index (χ0n) is 21.2. The predicted octanol–water partition coefficient (Wildman–Crippen LogP) is 5.32. The molecule has 0 spiro atoms. The molecule has 0 unspecified atom stereocenters. The van der Waals surface area contributed by atoms with Crippen molar-refractivity contribution in [1.82, 2.24) is 0 Å². The van der Waals surface area contributed by atoms with Gasteiger partial charge in [0, 0.05) is 17.7 Å². The number of carboxylic acid groups (broad SMARTS) is 2. The summed E-state index contributed by atoms with van der Waals surface area (Å²) in [5.74, 6) is -1.41. The molecule has 0 bridgehead atoms. The van der Waals surface area contributed by atoms with Crippen molar-refractivity contribution in [2.75, 3.05) is 12.0 Å². The van der Waals surface area contributed by atoms with Gasteiger partial charge < -0.3 is 24.6 Å². The van der Waals surface area contributed by atoms with Crippen LogP contribution in [0.1, 0.15) is 31.8 Å². The molecule has 4 aromatic rings. The molecule has 0 aliphatic carbocycles. The maximum Gasteiger partial charge on any atom is 0.345 e. The topological polar surface area (TPSA) is 113 Å². The molecule has 0 fully saturated rings. The van der Waals surface area contributed by atoms with Gasteiger partial charge in [-0.3, -0.25) is 4.79 Å². The van der Waals surface area contributed by atoms with Crippen molar-refractivity contribution in [2.24, 2.45) is 0 Å². The van der Waals surface area contributed by atoms with Crippen molar-refractivity contribution in [1.29, 1.82) is 0 Å². The monoisotopic (exact) mass is 525 g/mol. The lowest BCUT2D eigenvalue weighted by atomic mass is 10.1. The quantitative estimate of drug-likeness (QED) is 0.273. The van der Waals surface area contributed by atoms with Gasteiger partial charge in [0.2, 0.25) is 0 Å². The second-order valence-electron chi connectivity index (χ2n) is 8.75. The van der Waals surface area contributed by atoms with Crippen LogP contribution in [0.5, 0.6) is 11.5 Å². The van der Waals surface area contributed by atoms with E-state index in [1.807, 2.05) is 30.3 Å². The Kier molecular flexibility index (Phi) is 8.58. The zero-order chi connectivity index (χ0) is 27.8. The zero-order valence-corrected chi connectivity index (χ0v) is 21.2. The number of ether oxygens (including phenoxy) is 2. The van der Waals surface area contributed by atoms with Crippen LogP contribution in [0.3, 0.4) is 0 Å². The fourth-order valence-corrected chi connectivity index (χ4v) is 3.98. The Morgan fingerprint density at radius 1 is 0.718 bits per heavy atom. The molecule has 0 heterocycles. The predicted molar refractivity (Wildman–Crippen MR) is 146 cm³/mol. The Balaban J connectivity index is 1.54. The first-order valence-corrected chi connectivity index (χ1v) is 12.2. The van der Waals surface area contributed by atoms with Gasteiger partial charge in [0.1, 0.15) is 11.5 Å². The van der Waals surface area contributed by atoms with Gasteiger partial charge in [0.25, 0.3) is 5.91 Å². The van der Waals surface area contributed by atoms with E-state index >= 15 is 0 Å². The summed E-state index contributed by atoms with van der Waals surface area (Å²) in [6, 6.07) is 28.9. The number of aromatic carboxylic acids is 1. The number of methoxy groups -OCH3 is 1. The molecule has 0 aliphatic heterocycles. The first kappa shape index (κ1) is 26.9. The summed E-state index contributed by atoms with van der Waals surface area (Å²) < 4.78 is 11.0. The van der Waals surface area contributed by atoms with Crippen molar-refractivity contribution >= 4 is 23.5 Å². The van der Waals surface area contributed by atoms with E-state index < -0.39 is 18.0 Å². The molecule has 0 saturated carbocycles. The molecule has 1 atom stereocenters. The van der Waals surface area contributed by atoms with Gasteiger partial charge in [-0.25, -0.2) is 9.59 Å². The number of nitrogens with zero attached hydrogens (tertiary/aromatic N) is 1. The minimum Gasteiger partial charge on any atom is -0.497 e. The van der Waals surface area contributed by atoms with Crippen LogP contribution in [-0.4, -0.2) is 41.3 Å². The minimum absolute atomic E-state index is 0.0880. The lowest BCUT2D eigenvalue weighted by Gasteiger charge is -2.24. The smallest absolute Gasteiger partial charge is 0.345 e. The van der Waals surface area contributed by atoms with E-state index in [4.69, 9.17) is 9.47 Å². The van der Waals surface area contributed by atoms with Crippen LogP contribution < -0.4 is 14.4 Å². The average Bonchev–Trinajstić information content (AvgIpc) is 2.96. The summed E-state index contributed by atoms with van der Waals surface area (Å²) >= 11 is 0. The van der Waals surface area contributed by atoms with Crippen molar-refractivity contribution in [2.45, 2.75) is 19.1 Å². The second-order valence-corrected chi connectivity index (χ2v) is 8.75. The van der Waals surface area contributed by atoms with Crippen LogP contribution in [0.2, 0.25) is 0 Å². The number of hydrogen-bond donors (Lipinski definition) is 2. The summed E-state index contributed by atoms with van der Waals surface area (Å²) in [6.07, 6.45) is -0.831. The summed E-state index contributed by atoms with van der Waals surface area (Å²) in [6.45, 7) is 0.207. The maximum atomic E-state index is 13.5. The number of anilines is 1. The van der Waals surface area contributed by atoms with E-state index in [0.717, 1.165) is 11.1 Å². The van der Waals surface area contributed by atoms with Gasteiger partial charge in [-0.05, 0) is 71.8 Å². The summed E-state index contributed by atoms with van der Waals surface area (Å²) in [5.41, 5.74) is 2.68. The van der Waals surface area contributed by atoms with E-state index in [-0.39, 0.29) is 24.4 Å². The Bertz CT molecular complexity index is 1420. The van der Waals surface area contributed by atoms with Gasteiger partial charge in [-0.1, -0.05) is 42.5 Å². The van der Waals surface area contributed by atoms with Gasteiger partial charge in [0.15, 0.2) is 6.10 Å². The third kappa shape index (κ3) is 7.01. The molecule has 8 nitrogen and oxygen atoms in total. The van der Waals surface area contributed by atoms with Crippen LogP contribution in [0, 0.1) is 0 Å². The molecular weight excluding hydrogens is 498 g/mol. The van der Waals surface area contributed by atoms with Crippen molar-refractivity contribution in [3.63, 3.8) is 0 Å². The summed E-state index contributed by atoms with van der Waals surface area (Å²) in [7, 11) is 1.56. The van der Waals surface area contributed by atoms with E-state index in [2.05, 4.69) is 0 Å². The Morgan fingerprint density at radius 3 is 1.87 bits per heavy atom. The minimum atomic E-state index is -1.07. The normalized spacial score (nSPS) is 11.3. The van der Waals surface area contributed by atoms with Crippen molar-refractivity contribution < 1.29 is 34.1 Å². The molecule has 39 heavy (non-hydrogen) atoms. The molecular formula is C31H27NO7. The SMILES string of the molecule is COc1ccc(N(Cc2ccc(O[C@H](Cc3ccccc3)C(=O)O)cc2)C(=O)c2ccc(C(=O)O)cc2)cc1. The molecule has 0 aromatic heterocycles. The van der Waals surface area contributed by atoms with Crippen LogP contribution in [0.4, 0.5) is 5.69 Å².